The molecule has 0 aliphatic heterocycles. The van der Waals surface area contributed by atoms with Gasteiger partial charge in [0.25, 0.3) is 5.91 Å². The molecule has 0 saturated heterocycles. The maximum Gasteiger partial charge on any atom is 0.341 e. The first-order valence-electron chi connectivity index (χ1n) is 9.35. The first kappa shape index (κ1) is 19.4. The molecule has 0 bridgehead atoms. The number of carbonyl (C=O) groups is 2. The zero-order chi connectivity index (χ0) is 19.4. The van der Waals surface area contributed by atoms with E-state index in [2.05, 4.69) is 12.2 Å². The summed E-state index contributed by atoms with van der Waals surface area (Å²) in [6, 6.07) is 7.05. The van der Waals surface area contributed by atoms with E-state index in [0.29, 0.717) is 34.4 Å². The summed E-state index contributed by atoms with van der Waals surface area (Å²) in [5, 5.41) is 3.50. The highest BCUT2D eigenvalue weighted by Gasteiger charge is 2.30. The van der Waals surface area contributed by atoms with Crippen LogP contribution in [0.3, 0.4) is 0 Å². The number of carbonyl (C=O) groups excluding carboxylic acids is 2. The number of para-hydroxylation sites is 1. The predicted octanol–water partition coefficient (Wildman–Crippen LogP) is 4.70. The lowest BCUT2D eigenvalue weighted by Gasteiger charge is -2.20. The lowest BCUT2D eigenvalue weighted by Crippen LogP contribution is -2.17. The second-order valence-corrected chi connectivity index (χ2v) is 7.71. The van der Waals surface area contributed by atoms with E-state index in [0.717, 1.165) is 31.2 Å². The number of fused-ring (bicyclic) bond motifs is 1. The van der Waals surface area contributed by atoms with Gasteiger partial charge in [0.15, 0.2) is 0 Å². The Morgan fingerprint density at radius 2 is 2.04 bits per heavy atom. The Morgan fingerprint density at radius 3 is 2.74 bits per heavy atom. The molecule has 1 aliphatic rings. The van der Waals surface area contributed by atoms with Gasteiger partial charge in [0, 0.05) is 4.88 Å². The van der Waals surface area contributed by atoms with Gasteiger partial charge < -0.3 is 14.8 Å². The molecule has 2 aromatic rings. The van der Waals surface area contributed by atoms with Crippen molar-refractivity contribution < 1.29 is 19.1 Å². The van der Waals surface area contributed by atoms with Gasteiger partial charge in [-0.2, -0.15) is 0 Å². The van der Waals surface area contributed by atoms with Crippen LogP contribution in [0.15, 0.2) is 24.3 Å². The van der Waals surface area contributed by atoms with Gasteiger partial charge in [-0.25, -0.2) is 4.79 Å². The number of hydrogen-bond acceptors (Lipinski definition) is 5. The number of esters is 1. The molecular formula is C21H25NO4S. The molecule has 3 rings (SSSR count). The van der Waals surface area contributed by atoms with Crippen molar-refractivity contribution in [3.63, 3.8) is 0 Å². The first-order valence-corrected chi connectivity index (χ1v) is 10.2. The lowest BCUT2D eigenvalue weighted by molar-refractivity contribution is 0.0526. The summed E-state index contributed by atoms with van der Waals surface area (Å²) < 4.78 is 10.6. The van der Waals surface area contributed by atoms with Crippen molar-refractivity contribution in [2.45, 2.75) is 39.5 Å². The third-order valence-electron chi connectivity index (χ3n) is 5.00. The molecule has 5 nitrogen and oxygen atoms in total. The Bertz CT molecular complexity index is 843. The Kier molecular flexibility index (Phi) is 6.16. The van der Waals surface area contributed by atoms with E-state index in [9.17, 15) is 9.59 Å². The Morgan fingerprint density at radius 1 is 1.26 bits per heavy atom. The molecule has 0 radical (unpaired) electrons. The molecule has 1 aromatic carbocycles. The van der Waals surface area contributed by atoms with E-state index < -0.39 is 0 Å². The van der Waals surface area contributed by atoms with Gasteiger partial charge in [-0.3, -0.25) is 4.79 Å². The van der Waals surface area contributed by atoms with Crippen LogP contribution in [0, 0.1) is 5.92 Å². The Balaban J connectivity index is 1.95. The summed E-state index contributed by atoms with van der Waals surface area (Å²) in [5.41, 5.74) is 2.00. The van der Waals surface area contributed by atoms with Crippen molar-refractivity contribution >= 4 is 28.2 Å². The average molecular weight is 388 g/mol. The zero-order valence-corrected chi connectivity index (χ0v) is 16.8. The van der Waals surface area contributed by atoms with Gasteiger partial charge in [0.2, 0.25) is 0 Å². The smallest absolute Gasteiger partial charge is 0.341 e. The van der Waals surface area contributed by atoms with Crippen molar-refractivity contribution in [3.05, 3.63) is 45.8 Å². The van der Waals surface area contributed by atoms with Crippen LogP contribution >= 0.6 is 11.3 Å². The standard InChI is InChI=1S/C21H25NO4S/c1-4-13-10-11-15-17(12-13)27-20(18(15)21(24)26-5-2)22-19(23)14-8-6-7-9-16(14)25-3/h6-9,13H,4-5,10-12H2,1-3H3,(H,22,23)/t13-/m1/s1. The molecule has 27 heavy (non-hydrogen) atoms. The fourth-order valence-corrected chi connectivity index (χ4v) is 4.86. The van der Waals surface area contributed by atoms with Crippen LogP contribution < -0.4 is 10.1 Å². The fourth-order valence-electron chi connectivity index (χ4n) is 3.51. The minimum absolute atomic E-state index is 0.288. The number of methoxy groups -OCH3 is 1. The number of nitrogens with one attached hydrogen (secondary N) is 1. The molecule has 1 N–H and O–H groups in total. The summed E-state index contributed by atoms with van der Waals surface area (Å²) >= 11 is 1.50. The summed E-state index contributed by atoms with van der Waals surface area (Å²) in [7, 11) is 1.53. The molecule has 1 atom stereocenters. The molecule has 1 aliphatic carbocycles. The van der Waals surface area contributed by atoms with E-state index in [1.54, 1.807) is 25.1 Å². The topological polar surface area (TPSA) is 64.6 Å². The molecule has 0 fully saturated rings. The first-order chi connectivity index (χ1) is 13.1. The van der Waals surface area contributed by atoms with Crippen LogP contribution in [0.1, 0.15) is 57.8 Å². The highest BCUT2D eigenvalue weighted by atomic mass is 32.1. The number of anilines is 1. The predicted molar refractivity (Wildman–Crippen MR) is 107 cm³/mol. The summed E-state index contributed by atoms with van der Waals surface area (Å²) in [6.45, 7) is 4.29. The third-order valence-corrected chi connectivity index (χ3v) is 6.17. The fraction of sp³-hybridized carbons (Fsp3) is 0.429. The molecule has 1 amide bonds. The SMILES string of the molecule is CCOC(=O)c1c(NC(=O)c2ccccc2OC)sc2c1CC[C@@H](CC)C2. The number of thiophene rings is 1. The van der Waals surface area contributed by atoms with Crippen molar-refractivity contribution in [1.82, 2.24) is 0 Å². The van der Waals surface area contributed by atoms with Crippen molar-refractivity contribution in [2.75, 3.05) is 19.0 Å². The molecule has 1 aromatic heterocycles. The van der Waals surface area contributed by atoms with Crippen LogP contribution in [0.2, 0.25) is 0 Å². The quantitative estimate of drug-likeness (QED) is 0.730. The minimum atomic E-state index is -0.361. The lowest BCUT2D eigenvalue weighted by atomic mass is 9.85. The number of ether oxygens (including phenoxy) is 2. The number of amides is 1. The minimum Gasteiger partial charge on any atom is -0.496 e. The van der Waals surface area contributed by atoms with E-state index in [1.165, 1.54) is 23.3 Å². The van der Waals surface area contributed by atoms with Gasteiger partial charge in [-0.05, 0) is 49.8 Å². The Hall–Kier alpha value is -2.34. The van der Waals surface area contributed by atoms with Crippen LogP contribution in [0.4, 0.5) is 5.00 Å². The van der Waals surface area contributed by atoms with Crippen LogP contribution in [0.5, 0.6) is 5.75 Å². The monoisotopic (exact) mass is 387 g/mol. The molecule has 6 heteroatoms. The van der Waals surface area contributed by atoms with Gasteiger partial charge >= 0.3 is 5.97 Å². The van der Waals surface area contributed by atoms with Crippen LogP contribution in [-0.2, 0) is 17.6 Å². The van der Waals surface area contributed by atoms with E-state index in [1.807, 2.05) is 6.07 Å². The molecule has 0 unspecified atom stereocenters. The maximum absolute atomic E-state index is 12.8. The molecule has 0 spiro atoms. The van der Waals surface area contributed by atoms with Crippen molar-refractivity contribution in [2.24, 2.45) is 5.92 Å². The van der Waals surface area contributed by atoms with Crippen LogP contribution in [-0.4, -0.2) is 25.6 Å². The van der Waals surface area contributed by atoms with E-state index >= 15 is 0 Å². The summed E-state index contributed by atoms with van der Waals surface area (Å²) in [6.07, 6.45) is 3.98. The number of benzene rings is 1. The zero-order valence-electron chi connectivity index (χ0n) is 16.0. The molecule has 0 saturated carbocycles. The highest BCUT2D eigenvalue weighted by Crippen LogP contribution is 2.41. The van der Waals surface area contributed by atoms with E-state index in [4.69, 9.17) is 9.47 Å². The van der Waals surface area contributed by atoms with E-state index in [-0.39, 0.29) is 11.9 Å². The second kappa shape index (κ2) is 8.57. The van der Waals surface area contributed by atoms with Gasteiger partial charge in [0.1, 0.15) is 10.8 Å². The van der Waals surface area contributed by atoms with Crippen LogP contribution in [0.25, 0.3) is 0 Å². The largest absolute Gasteiger partial charge is 0.496 e. The normalized spacial score (nSPS) is 15.7. The molecular weight excluding hydrogens is 362 g/mol. The number of rotatable bonds is 6. The highest BCUT2D eigenvalue weighted by molar-refractivity contribution is 7.17. The number of hydrogen-bond donors (Lipinski definition) is 1. The van der Waals surface area contributed by atoms with Gasteiger partial charge in [-0.15, -0.1) is 11.3 Å². The van der Waals surface area contributed by atoms with Crippen molar-refractivity contribution in [3.8, 4) is 5.75 Å². The maximum atomic E-state index is 12.8. The van der Waals surface area contributed by atoms with Gasteiger partial charge in [-0.1, -0.05) is 25.5 Å². The molecule has 144 valence electrons. The van der Waals surface area contributed by atoms with Crippen molar-refractivity contribution in [1.29, 1.82) is 0 Å². The second-order valence-electron chi connectivity index (χ2n) is 6.60. The molecule has 1 heterocycles. The Labute approximate surface area is 163 Å². The third kappa shape index (κ3) is 4.00. The summed E-state index contributed by atoms with van der Waals surface area (Å²) in [5.74, 6) is 0.480. The summed E-state index contributed by atoms with van der Waals surface area (Å²) in [4.78, 5) is 26.6. The average Bonchev–Trinajstić information content (AvgIpc) is 3.04. The van der Waals surface area contributed by atoms with Gasteiger partial charge in [0.05, 0.1) is 24.8 Å².